The van der Waals surface area contributed by atoms with E-state index >= 15 is 0 Å². The Morgan fingerprint density at radius 1 is 0.514 bits per heavy atom. The number of fused-ring (bicyclic) bond motifs is 3. The van der Waals surface area contributed by atoms with Crippen LogP contribution in [0.1, 0.15) is 77.0 Å². The van der Waals surface area contributed by atoms with Crippen molar-refractivity contribution in [3.63, 3.8) is 0 Å². The van der Waals surface area contributed by atoms with Crippen molar-refractivity contribution < 1.29 is 13.5 Å². The zero-order chi connectivity index (χ0) is 48.7. The molecular weight excluding hydrogens is 867 g/mol. The minimum atomic E-state index is -0.312. The highest BCUT2D eigenvalue weighted by molar-refractivity contribution is 6.09. The van der Waals surface area contributed by atoms with E-state index in [9.17, 15) is 8.78 Å². The molecule has 0 aliphatic carbocycles. The fourth-order valence-corrected chi connectivity index (χ4v) is 9.58. The highest BCUT2D eigenvalue weighted by Crippen LogP contribution is 2.44. The van der Waals surface area contributed by atoms with Crippen LogP contribution in [-0.2, 0) is 5.41 Å². The number of rotatable bonds is 12. The average molecular weight is 923 g/mol. The number of anilines is 4. The molecule has 0 fully saturated rings. The molecule has 0 aliphatic rings. The maximum Gasteiger partial charge on any atom is 0.137 e. The molecule has 0 spiro atoms. The van der Waals surface area contributed by atoms with Gasteiger partial charge in [-0.2, -0.15) is 0 Å². The summed E-state index contributed by atoms with van der Waals surface area (Å²) < 4.78 is 37.8. The Balaban J connectivity index is 1.10. The van der Waals surface area contributed by atoms with Crippen molar-refractivity contribution in [2.75, 3.05) is 10.6 Å². The van der Waals surface area contributed by atoms with Crippen LogP contribution in [0.15, 0.2) is 188 Å². The zero-order valence-electron chi connectivity index (χ0n) is 40.6. The van der Waals surface area contributed by atoms with Crippen molar-refractivity contribution in [2.45, 2.75) is 65.7 Å². The smallest absolute Gasteiger partial charge is 0.137 e. The first kappa shape index (κ1) is 45.7. The van der Waals surface area contributed by atoms with Crippen LogP contribution >= 0.6 is 0 Å². The molecule has 2 aromatic heterocycles. The van der Waals surface area contributed by atoms with Crippen molar-refractivity contribution in [3.05, 3.63) is 217 Å². The molecular formula is C63H56F2N4O. The molecule has 2 heterocycles. The quantitative estimate of drug-likeness (QED) is 0.128. The van der Waals surface area contributed by atoms with Crippen LogP contribution in [0.4, 0.5) is 31.5 Å². The van der Waals surface area contributed by atoms with Crippen molar-refractivity contribution >= 4 is 44.6 Å². The monoisotopic (exact) mass is 922 g/mol. The number of benzene rings is 8. The summed E-state index contributed by atoms with van der Waals surface area (Å²) in [5.74, 6) is 2.14. The first-order chi connectivity index (χ1) is 33.8. The van der Waals surface area contributed by atoms with Crippen LogP contribution in [0.3, 0.4) is 0 Å². The van der Waals surface area contributed by atoms with Gasteiger partial charge in [0, 0.05) is 45.9 Å². The summed E-state index contributed by atoms with van der Waals surface area (Å²) in [6.45, 7) is 15.6. The number of aromatic nitrogens is 2. The Bertz CT molecular complexity index is 3440. The van der Waals surface area contributed by atoms with Crippen molar-refractivity contribution in [1.82, 2.24) is 9.55 Å². The third-order valence-corrected chi connectivity index (χ3v) is 13.1. The Morgan fingerprint density at radius 3 is 1.73 bits per heavy atom. The molecule has 10 rings (SSSR count). The number of nitrogens with one attached hydrogen (secondary N) is 2. The summed E-state index contributed by atoms with van der Waals surface area (Å²) in [6.07, 6.45) is 1.90. The zero-order valence-corrected chi connectivity index (χ0v) is 40.6. The number of hydrogen-bond donors (Lipinski definition) is 2. The molecule has 0 unspecified atom stereocenters. The second-order valence-electron chi connectivity index (χ2n) is 19.7. The predicted molar refractivity (Wildman–Crippen MR) is 288 cm³/mol. The minimum Gasteiger partial charge on any atom is -0.457 e. The standard InChI is InChI=1S/C63H56F2N4O/c1-39(2)50-15-12-16-51(40(3)4)61(50)43-34-47(37-49(35-43)70-48-30-31-55-54-14-8-11-21-58(54)69(59(55)38-48)60-36-44(32-33-66-60)63(5,6)7)67-56-19-9-10-20-57(56)68-62-52(41-22-26-45(64)27-23-41)17-13-18-53(62)42-24-28-46(65)29-25-42/h8-40,67-68H,1-7H3. The number of pyridine rings is 1. The highest BCUT2D eigenvalue weighted by atomic mass is 19.1. The highest BCUT2D eigenvalue weighted by Gasteiger charge is 2.21. The lowest BCUT2D eigenvalue weighted by atomic mass is 9.85. The third kappa shape index (κ3) is 9.15. The van der Waals surface area contributed by atoms with E-state index in [1.165, 1.54) is 46.5 Å². The van der Waals surface area contributed by atoms with Gasteiger partial charge in [0.2, 0.25) is 0 Å². The molecule has 70 heavy (non-hydrogen) atoms. The van der Waals surface area contributed by atoms with E-state index in [1.807, 2.05) is 48.7 Å². The van der Waals surface area contributed by atoms with Gasteiger partial charge in [0.05, 0.1) is 28.1 Å². The lowest BCUT2D eigenvalue weighted by Crippen LogP contribution is -2.12. The Hall–Kier alpha value is -8.03. The fourth-order valence-electron chi connectivity index (χ4n) is 9.58. The molecule has 0 saturated heterocycles. The van der Waals surface area contributed by atoms with Crippen LogP contribution in [0, 0.1) is 11.6 Å². The summed E-state index contributed by atoms with van der Waals surface area (Å²) in [4.78, 5) is 4.91. The molecule has 7 heteroatoms. The first-order valence-electron chi connectivity index (χ1n) is 24.0. The second-order valence-corrected chi connectivity index (χ2v) is 19.7. The number of nitrogens with zero attached hydrogens (tertiary/aromatic N) is 2. The summed E-state index contributed by atoms with van der Waals surface area (Å²) in [7, 11) is 0. The Labute approximate surface area is 409 Å². The first-order valence-corrected chi connectivity index (χ1v) is 24.0. The van der Waals surface area contributed by atoms with Gasteiger partial charge < -0.3 is 15.4 Å². The number of halogens is 2. The molecule has 0 amide bonds. The van der Waals surface area contributed by atoms with Crippen LogP contribution in [0.2, 0.25) is 0 Å². The van der Waals surface area contributed by atoms with E-state index in [2.05, 4.69) is 155 Å². The van der Waals surface area contributed by atoms with E-state index in [0.717, 1.165) is 78.2 Å². The van der Waals surface area contributed by atoms with Gasteiger partial charge in [0.25, 0.3) is 0 Å². The lowest BCUT2D eigenvalue weighted by Gasteiger charge is -2.22. The van der Waals surface area contributed by atoms with Crippen LogP contribution in [0.5, 0.6) is 11.5 Å². The van der Waals surface area contributed by atoms with Gasteiger partial charge in [-0.05, 0) is 135 Å². The maximum atomic E-state index is 14.3. The van der Waals surface area contributed by atoms with Gasteiger partial charge in [-0.25, -0.2) is 13.8 Å². The van der Waals surface area contributed by atoms with E-state index in [1.54, 1.807) is 24.3 Å². The summed E-state index contributed by atoms with van der Waals surface area (Å²) in [5.41, 5.74) is 14.7. The van der Waals surface area contributed by atoms with E-state index in [0.29, 0.717) is 11.5 Å². The Morgan fingerprint density at radius 2 is 1.10 bits per heavy atom. The van der Waals surface area contributed by atoms with Crippen LogP contribution in [-0.4, -0.2) is 9.55 Å². The van der Waals surface area contributed by atoms with E-state index < -0.39 is 0 Å². The average Bonchev–Trinajstić information content (AvgIpc) is 3.68. The minimum absolute atomic E-state index is 0.0525. The van der Waals surface area contributed by atoms with E-state index in [4.69, 9.17) is 9.72 Å². The van der Waals surface area contributed by atoms with Gasteiger partial charge in [0.1, 0.15) is 29.0 Å². The molecule has 0 aliphatic heterocycles. The third-order valence-electron chi connectivity index (χ3n) is 13.1. The van der Waals surface area contributed by atoms with Gasteiger partial charge in [0.15, 0.2) is 0 Å². The molecule has 10 aromatic rings. The largest absolute Gasteiger partial charge is 0.457 e. The molecule has 0 atom stereocenters. The van der Waals surface area contributed by atoms with Crippen molar-refractivity contribution in [1.29, 1.82) is 0 Å². The summed E-state index contributed by atoms with van der Waals surface area (Å²) >= 11 is 0. The second kappa shape index (κ2) is 18.8. The molecule has 5 nitrogen and oxygen atoms in total. The number of para-hydroxylation sites is 4. The maximum absolute atomic E-state index is 14.3. The number of hydrogen-bond acceptors (Lipinski definition) is 4. The summed E-state index contributed by atoms with van der Waals surface area (Å²) in [6, 6.07) is 59.2. The Kier molecular flexibility index (Phi) is 12.3. The molecule has 0 bridgehead atoms. The fraction of sp³-hybridized carbons (Fsp3) is 0.159. The summed E-state index contributed by atoms with van der Waals surface area (Å²) in [5, 5.41) is 9.83. The SMILES string of the molecule is CC(C)c1cccc(C(C)C)c1-c1cc(Nc2ccccc2Nc2c(-c3ccc(F)cc3)cccc2-c2ccc(F)cc2)cc(Oc2ccc3c4ccccc4n(-c4cc(C(C)(C)C)ccn4)c3c2)c1. The number of ether oxygens (including phenoxy) is 1. The molecule has 8 aromatic carbocycles. The van der Waals surface area contributed by atoms with Gasteiger partial charge in [-0.3, -0.25) is 4.57 Å². The molecule has 0 radical (unpaired) electrons. The van der Waals surface area contributed by atoms with Gasteiger partial charge >= 0.3 is 0 Å². The van der Waals surface area contributed by atoms with Gasteiger partial charge in [-0.1, -0.05) is 139 Å². The molecule has 0 saturated carbocycles. The molecule has 348 valence electrons. The lowest BCUT2D eigenvalue weighted by molar-refractivity contribution is 0.484. The van der Waals surface area contributed by atoms with Gasteiger partial charge in [-0.15, -0.1) is 0 Å². The van der Waals surface area contributed by atoms with Crippen molar-refractivity contribution in [2.24, 2.45) is 0 Å². The van der Waals surface area contributed by atoms with Crippen molar-refractivity contribution in [3.8, 4) is 50.7 Å². The normalized spacial score (nSPS) is 11.8. The molecule has 2 N–H and O–H groups in total. The predicted octanol–water partition coefficient (Wildman–Crippen LogP) is 18.3. The topological polar surface area (TPSA) is 51.1 Å². The van der Waals surface area contributed by atoms with Crippen LogP contribution < -0.4 is 15.4 Å². The van der Waals surface area contributed by atoms with E-state index in [-0.39, 0.29) is 28.9 Å². The van der Waals surface area contributed by atoms with Crippen LogP contribution in [0.25, 0.3) is 61.0 Å².